The third-order valence-corrected chi connectivity index (χ3v) is 5.34. The van der Waals surface area contributed by atoms with Gasteiger partial charge in [-0.05, 0) is 12.5 Å². The Labute approximate surface area is 193 Å². The van der Waals surface area contributed by atoms with Crippen LogP contribution in [0.2, 0.25) is 0 Å². The van der Waals surface area contributed by atoms with Crippen LogP contribution in [0.25, 0.3) is 5.65 Å². The van der Waals surface area contributed by atoms with E-state index < -0.39 is 54.1 Å². The molecule has 3 aromatic heterocycles. The molecular formula is C21H17F7N6O. The van der Waals surface area contributed by atoms with E-state index in [2.05, 4.69) is 15.3 Å². The largest absolute Gasteiger partial charge is 0.405 e. The summed E-state index contributed by atoms with van der Waals surface area (Å²) < 4.78 is 94.8. The number of nitrogens with zero attached hydrogens (tertiary/aromatic N) is 4. The number of alkyl halides is 5. The predicted octanol–water partition coefficient (Wildman–Crippen LogP) is 4.27. The van der Waals surface area contributed by atoms with Crippen LogP contribution in [-0.4, -0.2) is 62.6 Å². The number of rotatable bonds is 5. The Bertz CT molecular complexity index is 1300. The molecule has 1 amide bonds. The van der Waals surface area contributed by atoms with Crippen molar-refractivity contribution in [2.24, 2.45) is 0 Å². The maximum atomic E-state index is 14.0. The average molecular weight is 502 g/mol. The number of nitrogens with one attached hydrogen (secondary N) is 2. The average Bonchev–Trinajstić information content (AvgIpc) is 3.19. The Kier molecular flexibility index (Phi) is 6.15. The van der Waals surface area contributed by atoms with Crippen LogP contribution in [0, 0.1) is 17.0 Å². The van der Waals surface area contributed by atoms with Gasteiger partial charge in [-0.1, -0.05) is 0 Å². The topological polar surface area (TPSA) is 86.4 Å². The number of piperidine rings is 1. The van der Waals surface area contributed by atoms with Crippen molar-refractivity contribution in [2.75, 3.05) is 25.0 Å². The summed E-state index contributed by atoms with van der Waals surface area (Å²) in [6.07, 6.45) is -2.22. The zero-order valence-electron chi connectivity index (χ0n) is 17.8. The molecule has 186 valence electrons. The fourth-order valence-electron chi connectivity index (χ4n) is 3.75. The standard InChI is InChI=1S/C21H17F7N6O/c22-11-4-13(23)18-31-7-16(34(18)8-11)17(29)12-6-30-15(5-14(12)32-9-21(26,27)28)19(35)33-3-1-2-20(24,25)10-33/h4-8,29H,1-3,9-10H2,(H,30,32). The van der Waals surface area contributed by atoms with Crippen LogP contribution in [0.3, 0.4) is 0 Å². The number of imidazole rings is 1. The van der Waals surface area contributed by atoms with Crippen LogP contribution in [0.1, 0.15) is 34.6 Å². The highest BCUT2D eigenvalue weighted by Gasteiger charge is 2.38. The molecule has 0 spiro atoms. The van der Waals surface area contributed by atoms with Crippen molar-refractivity contribution in [1.82, 2.24) is 19.3 Å². The van der Waals surface area contributed by atoms with Gasteiger partial charge in [-0.3, -0.25) is 19.6 Å². The Hall–Kier alpha value is -3.71. The minimum Gasteiger partial charge on any atom is -0.376 e. The lowest BCUT2D eigenvalue weighted by molar-refractivity contribution is -0.115. The Morgan fingerprint density at radius 3 is 2.60 bits per heavy atom. The van der Waals surface area contributed by atoms with E-state index in [1.54, 1.807) is 0 Å². The third-order valence-electron chi connectivity index (χ3n) is 5.34. The molecule has 1 saturated heterocycles. The number of hydrogen-bond acceptors (Lipinski definition) is 5. The SMILES string of the molecule is N=C(c1cnc(C(=O)N2CCCC(F)(F)C2)cc1NCC(F)(F)F)c1cnc2c(F)cc(F)cn12. The Morgan fingerprint density at radius 2 is 1.91 bits per heavy atom. The van der Waals surface area contributed by atoms with Crippen LogP contribution in [0.5, 0.6) is 0 Å². The van der Waals surface area contributed by atoms with Gasteiger partial charge in [0, 0.05) is 42.7 Å². The summed E-state index contributed by atoms with van der Waals surface area (Å²) in [6, 6.07) is 1.51. The highest BCUT2D eigenvalue weighted by molar-refractivity contribution is 6.13. The van der Waals surface area contributed by atoms with Gasteiger partial charge in [-0.15, -0.1) is 0 Å². The van der Waals surface area contributed by atoms with Crippen molar-refractivity contribution in [2.45, 2.75) is 24.9 Å². The molecule has 14 heteroatoms. The highest BCUT2D eigenvalue weighted by Crippen LogP contribution is 2.29. The van der Waals surface area contributed by atoms with Crippen molar-refractivity contribution in [3.05, 3.63) is 59.3 Å². The predicted molar refractivity (Wildman–Crippen MR) is 110 cm³/mol. The molecule has 1 aliphatic rings. The van der Waals surface area contributed by atoms with Gasteiger partial charge in [0.1, 0.15) is 18.1 Å². The number of aromatic nitrogens is 3. The second-order valence-corrected chi connectivity index (χ2v) is 7.99. The molecule has 0 aliphatic carbocycles. The van der Waals surface area contributed by atoms with Gasteiger partial charge in [0.15, 0.2) is 11.5 Å². The zero-order valence-corrected chi connectivity index (χ0v) is 17.8. The van der Waals surface area contributed by atoms with Crippen molar-refractivity contribution < 1.29 is 35.5 Å². The third kappa shape index (κ3) is 5.20. The number of fused-ring (bicyclic) bond motifs is 1. The van der Waals surface area contributed by atoms with Gasteiger partial charge in [-0.25, -0.2) is 22.5 Å². The summed E-state index contributed by atoms with van der Waals surface area (Å²) in [4.78, 5) is 21.2. The first-order valence-corrected chi connectivity index (χ1v) is 10.2. The molecule has 7 nitrogen and oxygen atoms in total. The van der Waals surface area contributed by atoms with Crippen LogP contribution in [0.15, 0.2) is 30.7 Å². The second-order valence-electron chi connectivity index (χ2n) is 7.99. The highest BCUT2D eigenvalue weighted by atomic mass is 19.4. The van der Waals surface area contributed by atoms with Crippen LogP contribution < -0.4 is 5.32 Å². The summed E-state index contributed by atoms with van der Waals surface area (Å²) >= 11 is 0. The maximum Gasteiger partial charge on any atom is 0.405 e. The minimum atomic E-state index is -4.67. The molecule has 3 aromatic rings. The number of likely N-dealkylation sites (tertiary alicyclic amines) is 1. The van der Waals surface area contributed by atoms with Crippen molar-refractivity contribution in [1.29, 1.82) is 5.41 Å². The van der Waals surface area contributed by atoms with E-state index in [-0.39, 0.29) is 42.0 Å². The first-order valence-electron chi connectivity index (χ1n) is 10.2. The molecule has 0 radical (unpaired) electrons. The molecule has 2 N–H and O–H groups in total. The van der Waals surface area contributed by atoms with E-state index in [1.165, 1.54) is 0 Å². The molecule has 4 heterocycles. The quantitative estimate of drug-likeness (QED) is 0.403. The molecule has 4 rings (SSSR count). The van der Waals surface area contributed by atoms with Gasteiger partial charge in [-0.2, -0.15) is 13.2 Å². The van der Waals surface area contributed by atoms with Gasteiger partial charge in [0.25, 0.3) is 11.8 Å². The number of carbonyl (C=O) groups excluding carboxylic acids is 1. The molecule has 35 heavy (non-hydrogen) atoms. The summed E-state index contributed by atoms with van der Waals surface area (Å²) in [7, 11) is 0. The zero-order chi connectivity index (χ0) is 25.5. The summed E-state index contributed by atoms with van der Waals surface area (Å²) in [5.41, 5.74) is -1.96. The number of anilines is 1. The van der Waals surface area contributed by atoms with E-state index in [4.69, 9.17) is 5.41 Å². The number of amides is 1. The second kappa shape index (κ2) is 8.82. The monoisotopic (exact) mass is 502 g/mol. The van der Waals surface area contributed by atoms with Crippen LogP contribution >= 0.6 is 0 Å². The molecular weight excluding hydrogens is 485 g/mol. The van der Waals surface area contributed by atoms with Crippen LogP contribution in [0.4, 0.5) is 36.4 Å². The van der Waals surface area contributed by atoms with E-state index in [0.717, 1.165) is 34.0 Å². The Morgan fingerprint density at radius 1 is 1.17 bits per heavy atom. The number of carbonyl (C=O) groups is 1. The van der Waals surface area contributed by atoms with Crippen molar-refractivity contribution in [3.63, 3.8) is 0 Å². The number of pyridine rings is 2. The number of halogens is 7. The van der Waals surface area contributed by atoms with Gasteiger partial charge >= 0.3 is 6.18 Å². The fourth-order valence-corrected chi connectivity index (χ4v) is 3.75. The van der Waals surface area contributed by atoms with E-state index >= 15 is 0 Å². The fraction of sp³-hybridized carbons (Fsp3) is 0.333. The molecule has 0 bridgehead atoms. The summed E-state index contributed by atoms with van der Waals surface area (Å²) in [5, 5.41) is 10.5. The molecule has 0 unspecified atom stereocenters. The van der Waals surface area contributed by atoms with Crippen LogP contribution in [-0.2, 0) is 0 Å². The molecule has 0 saturated carbocycles. The van der Waals surface area contributed by atoms with Gasteiger partial charge in [0.05, 0.1) is 24.1 Å². The number of hydrogen-bond donors (Lipinski definition) is 2. The first kappa shape index (κ1) is 24.4. The van der Waals surface area contributed by atoms with E-state index in [1.807, 2.05) is 0 Å². The molecule has 0 aromatic carbocycles. The molecule has 1 fully saturated rings. The maximum absolute atomic E-state index is 14.0. The Balaban J connectivity index is 1.72. The van der Waals surface area contributed by atoms with E-state index in [0.29, 0.717) is 6.07 Å². The van der Waals surface area contributed by atoms with Crippen molar-refractivity contribution in [3.8, 4) is 0 Å². The van der Waals surface area contributed by atoms with E-state index in [9.17, 15) is 35.5 Å². The lowest BCUT2D eigenvalue weighted by atomic mass is 10.0. The summed E-state index contributed by atoms with van der Waals surface area (Å²) in [6.45, 7) is -2.36. The first-order chi connectivity index (χ1) is 16.3. The van der Waals surface area contributed by atoms with Crippen molar-refractivity contribution >= 4 is 23.0 Å². The van der Waals surface area contributed by atoms with Gasteiger partial charge < -0.3 is 10.2 Å². The lowest BCUT2D eigenvalue weighted by Gasteiger charge is -2.32. The van der Waals surface area contributed by atoms with Gasteiger partial charge in [0.2, 0.25) is 0 Å². The lowest BCUT2D eigenvalue weighted by Crippen LogP contribution is -2.45. The minimum absolute atomic E-state index is 0.0257. The normalized spacial score (nSPS) is 15.9. The summed E-state index contributed by atoms with van der Waals surface area (Å²) in [5.74, 6) is -6.00. The molecule has 1 aliphatic heterocycles. The smallest absolute Gasteiger partial charge is 0.376 e. The molecule has 0 atom stereocenters.